The molecular weight excluding hydrogens is 268 g/mol. The molecule has 8 nitrogen and oxygen atoms in total. The van der Waals surface area contributed by atoms with Gasteiger partial charge >= 0.3 is 0 Å². The molecule has 0 aromatic carbocycles. The summed E-state index contributed by atoms with van der Waals surface area (Å²) in [6.45, 7) is 5.14. The molecule has 0 bridgehead atoms. The van der Waals surface area contributed by atoms with Gasteiger partial charge in [-0.2, -0.15) is 20.1 Å². The molecule has 1 unspecified atom stereocenters. The van der Waals surface area contributed by atoms with Gasteiger partial charge in [0.05, 0.1) is 0 Å². The molecule has 8 heteroatoms. The van der Waals surface area contributed by atoms with Gasteiger partial charge in [0.1, 0.15) is 0 Å². The second kappa shape index (κ2) is 5.65. The Kier molecular flexibility index (Phi) is 3.70. The Morgan fingerprint density at radius 3 is 2.76 bits per heavy atom. The second-order valence-electron chi connectivity index (χ2n) is 5.40. The molecule has 3 rings (SSSR count). The van der Waals surface area contributed by atoms with Crippen LogP contribution < -0.4 is 10.6 Å². The van der Waals surface area contributed by atoms with E-state index in [0.717, 1.165) is 26.1 Å². The minimum Gasteiger partial charge on any atom is -0.368 e. The largest absolute Gasteiger partial charge is 0.368 e. The Morgan fingerprint density at radius 2 is 2.00 bits per heavy atom. The maximum atomic E-state index is 5.84. The van der Waals surface area contributed by atoms with E-state index < -0.39 is 0 Å². The van der Waals surface area contributed by atoms with E-state index in [1.807, 2.05) is 6.07 Å². The van der Waals surface area contributed by atoms with E-state index in [4.69, 9.17) is 5.73 Å². The summed E-state index contributed by atoms with van der Waals surface area (Å²) >= 11 is 0. The Morgan fingerprint density at radius 1 is 1.19 bits per heavy atom. The smallest absolute Gasteiger partial charge is 0.257 e. The third kappa shape index (κ3) is 2.94. The number of anilines is 2. The standard InChI is InChI=1S/C13H20N8/c1-10-9-19(2)6-4-7-20(10)12-16-11(14)17-13(18-12)21-8-3-5-15-21/h3,5,8,10H,4,6-7,9H2,1-2H3,(H2,14,16,17,18). The van der Waals surface area contributed by atoms with E-state index in [9.17, 15) is 0 Å². The third-order valence-electron chi connectivity index (χ3n) is 3.64. The van der Waals surface area contributed by atoms with Gasteiger partial charge in [-0.05, 0) is 33.0 Å². The first-order chi connectivity index (χ1) is 10.1. The number of rotatable bonds is 2. The lowest BCUT2D eigenvalue weighted by atomic mass is 10.3. The summed E-state index contributed by atoms with van der Waals surface area (Å²) in [4.78, 5) is 17.5. The first-order valence-electron chi connectivity index (χ1n) is 7.10. The van der Waals surface area contributed by atoms with E-state index in [1.165, 1.54) is 0 Å². The van der Waals surface area contributed by atoms with Crippen molar-refractivity contribution in [2.45, 2.75) is 19.4 Å². The van der Waals surface area contributed by atoms with Crippen molar-refractivity contribution >= 4 is 11.9 Å². The van der Waals surface area contributed by atoms with Gasteiger partial charge in [0.25, 0.3) is 5.95 Å². The number of nitrogens with zero attached hydrogens (tertiary/aromatic N) is 7. The zero-order valence-electron chi connectivity index (χ0n) is 12.3. The molecule has 3 heterocycles. The van der Waals surface area contributed by atoms with Crippen LogP contribution in [0.1, 0.15) is 13.3 Å². The van der Waals surface area contributed by atoms with Crippen LogP contribution in [-0.4, -0.2) is 62.4 Å². The SMILES string of the molecule is CC1CN(C)CCCN1c1nc(N)nc(-n2cccn2)n1. The summed E-state index contributed by atoms with van der Waals surface area (Å²) < 4.78 is 1.59. The second-order valence-corrected chi connectivity index (χ2v) is 5.40. The van der Waals surface area contributed by atoms with Gasteiger partial charge in [0.15, 0.2) is 0 Å². The molecule has 0 aliphatic carbocycles. The van der Waals surface area contributed by atoms with E-state index in [1.54, 1.807) is 17.1 Å². The van der Waals surface area contributed by atoms with Crippen LogP contribution in [0.5, 0.6) is 0 Å². The fourth-order valence-corrected chi connectivity index (χ4v) is 2.66. The summed E-state index contributed by atoms with van der Waals surface area (Å²) in [6.07, 6.45) is 4.55. The highest BCUT2D eigenvalue weighted by molar-refractivity contribution is 5.39. The van der Waals surface area contributed by atoms with Crippen LogP contribution in [-0.2, 0) is 0 Å². The monoisotopic (exact) mass is 288 g/mol. The molecule has 1 aliphatic rings. The van der Waals surface area contributed by atoms with Crippen molar-refractivity contribution in [2.75, 3.05) is 37.3 Å². The molecule has 1 fully saturated rings. The quantitative estimate of drug-likeness (QED) is 0.842. The van der Waals surface area contributed by atoms with Crippen molar-refractivity contribution in [2.24, 2.45) is 0 Å². The van der Waals surface area contributed by atoms with Gasteiger partial charge in [0, 0.05) is 31.5 Å². The Labute approximate surface area is 123 Å². The fraction of sp³-hybridized carbons (Fsp3) is 0.538. The van der Waals surface area contributed by atoms with Gasteiger partial charge in [-0.3, -0.25) is 0 Å². The maximum absolute atomic E-state index is 5.84. The molecule has 0 saturated carbocycles. The summed E-state index contributed by atoms with van der Waals surface area (Å²) in [7, 11) is 2.14. The van der Waals surface area contributed by atoms with Crippen molar-refractivity contribution < 1.29 is 0 Å². The molecule has 0 radical (unpaired) electrons. The van der Waals surface area contributed by atoms with Gasteiger partial charge < -0.3 is 15.5 Å². The molecular formula is C13H20N8. The number of hydrogen-bond acceptors (Lipinski definition) is 7. The summed E-state index contributed by atoms with van der Waals surface area (Å²) in [5.74, 6) is 1.29. The molecule has 1 saturated heterocycles. The summed E-state index contributed by atoms with van der Waals surface area (Å²) in [6, 6.07) is 2.15. The number of aromatic nitrogens is 5. The first kappa shape index (κ1) is 13.7. The van der Waals surface area contributed by atoms with Gasteiger partial charge in [-0.25, -0.2) is 4.68 Å². The molecule has 21 heavy (non-hydrogen) atoms. The fourth-order valence-electron chi connectivity index (χ4n) is 2.66. The van der Waals surface area contributed by atoms with Crippen molar-refractivity contribution in [1.29, 1.82) is 0 Å². The van der Waals surface area contributed by atoms with Crippen LogP contribution in [0, 0.1) is 0 Å². The van der Waals surface area contributed by atoms with Crippen LogP contribution in [0.25, 0.3) is 5.95 Å². The molecule has 2 aromatic heterocycles. The van der Waals surface area contributed by atoms with Crippen molar-refractivity contribution in [3.05, 3.63) is 18.5 Å². The number of likely N-dealkylation sites (N-methyl/N-ethyl adjacent to an activating group) is 1. The van der Waals surface area contributed by atoms with Gasteiger partial charge in [-0.1, -0.05) is 0 Å². The normalized spacial score (nSPS) is 20.5. The van der Waals surface area contributed by atoms with E-state index >= 15 is 0 Å². The lowest BCUT2D eigenvalue weighted by molar-refractivity contribution is 0.337. The average Bonchev–Trinajstić information content (AvgIpc) is 2.91. The van der Waals surface area contributed by atoms with Crippen molar-refractivity contribution in [1.82, 2.24) is 29.6 Å². The molecule has 2 N–H and O–H groups in total. The van der Waals surface area contributed by atoms with Crippen molar-refractivity contribution in [3.8, 4) is 5.95 Å². The lowest BCUT2D eigenvalue weighted by Crippen LogP contribution is -2.39. The lowest BCUT2D eigenvalue weighted by Gasteiger charge is -2.28. The van der Waals surface area contributed by atoms with E-state index in [0.29, 0.717) is 17.9 Å². The van der Waals surface area contributed by atoms with Crippen LogP contribution in [0.2, 0.25) is 0 Å². The Balaban J connectivity index is 1.94. The van der Waals surface area contributed by atoms with Gasteiger partial charge in [-0.15, -0.1) is 0 Å². The zero-order chi connectivity index (χ0) is 14.8. The predicted octanol–water partition coefficient (Wildman–Crippen LogP) is 0.170. The number of nitrogens with two attached hydrogens (primary N) is 1. The summed E-state index contributed by atoms with van der Waals surface area (Å²) in [5.41, 5.74) is 5.84. The van der Waals surface area contributed by atoms with Crippen LogP contribution in [0.4, 0.5) is 11.9 Å². The Hall–Kier alpha value is -2.22. The molecule has 0 spiro atoms. The van der Waals surface area contributed by atoms with Crippen LogP contribution in [0.3, 0.4) is 0 Å². The molecule has 2 aromatic rings. The zero-order valence-corrected chi connectivity index (χ0v) is 12.3. The average molecular weight is 288 g/mol. The van der Waals surface area contributed by atoms with E-state index in [-0.39, 0.29) is 5.95 Å². The topological polar surface area (TPSA) is 89.0 Å². The first-order valence-corrected chi connectivity index (χ1v) is 7.10. The van der Waals surface area contributed by atoms with Gasteiger partial charge in [0.2, 0.25) is 11.9 Å². The summed E-state index contributed by atoms with van der Waals surface area (Å²) in [5, 5.41) is 4.15. The van der Waals surface area contributed by atoms with Crippen LogP contribution in [0.15, 0.2) is 18.5 Å². The number of nitrogen functional groups attached to an aromatic ring is 1. The molecule has 1 atom stereocenters. The minimum absolute atomic E-state index is 0.218. The minimum atomic E-state index is 0.218. The number of hydrogen-bond donors (Lipinski definition) is 1. The molecule has 112 valence electrons. The maximum Gasteiger partial charge on any atom is 0.257 e. The molecule has 1 aliphatic heterocycles. The van der Waals surface area contributed by atoms with E-state index in [2.05, 4.69) is 43.8 Å². The van der Waals surface area contributed by atoms with Crippen molar-refractivity contribution in [3.63, 3.8) is 0 Å². The highest BCUT2D eigenvalue weighted by Crippen LogP contribution is 2.17. The highest BCUT2D eigenvalue weighted by Gasteiger charge is 2.23. The Bertz CT molecular complexity index is 596. The predicted molar refractivity (Wildman–Crippen MR) is 80.3 cm³/mol. The molecule has 0 amide bonds. The highest BCUT2D eigenvalue weighted by atomic mass is 15.4. The van der Waals surface area contributed by atoms with Crippen LogP contribution >= 0.6 is 0 Å². The third-order valence-corrected chi connectivity index (χ3v) is 3.64.